The van der Waals surface area contributed by atoms with Gasteiger partial charge in [-0.05, 0) is 73.5 Å². The molecule has 1 aliphatic carbocycles. The van der Waals surface area contributed by atoms with Crippen molar-refractivity contribution in [2.24, 2.45) is 0 Å². The fourth-order valence-corrected chi connectivity index (χ4v) is 4.64. The zero-order valence-corrected chi connectivity index (χ0v) is 16.1. The molecule has 5 aromatic rings. The van der Waals surface area contributed by atoms with E-state index in [2.05, 4.69) is 109 Å². The van der Waals surface area contributed by atoms with Crippen LogP contribution in [-0.4, -0.2) is 0 Å². The van der Waals surface area contributed by atoms with Crippen LogP contribution in [0.15, 0.2) is 103 Å². The lowest BCUT2D eigenvalue weighted by atomic mass is 9.93. The van der Waals surface area contributed by atoms with Crippen LogP contribution in [0.5, 0.6) is 0 Å². The van der Waals surface area contributed by atoms with Gasteiger partial charge in [0.15, 0.2) is 0 Å². The van der Waals surface area contributed by atoms with Gasteiger partial charge in [0.2, 0.25) is 0 Å². The van der Waals surface area contributed by atoms with Crippen molar-refractivity contribution < 1.29 is 0 Å². The third kappa shape index (κ3) is 2.68. The Morgan fingerprint density at radius 3 is 2.17 bits per heavy atom. The Morgan fingerprint density at radius 2 is 1.24 bits per heavy atom. The van der Waals surface area contributed by atoms with Crippen LogP contribution in [0.2, 0.25) is 0 Å². The number of allylic oxidation sites excluding steroid dienone is 1. The smallest absolute Gasteiger partial charge is 0.00134 e. The molecule has 0 saturated carbocycles. The van der Waals surface area contributed by atoms with Crippen molar-refractivity contribution in [1.82, 2.24) is 0 Å². The Hall–Kier alpha value is -3.64. The van der Waals surface area contributed by atoms with Gasteiger partial charge in [-0.3, -0.25) is 0 Å². The first-order valence-electron chi connectivity index (χ1n) is 10.2. The Bertz CT molecular complexity index is 1410. The summed E-state index contributed by atoms with van der Waals surface area (Å²) in [6.45, 7) is 0. The molecule has 0 N–H and O–H groups in total. The summed E-state index contributed by atoms with van der Waals surface area (Å²) >= 11 is 0. The molecule has 0 atom stereocenters. The molecular formula is C29H20. The van der Waals surface area contributed by atoms with Gasteiger partial charge in [0.25, 0.3) is 0 Å². The minimum absolute atomic E-state index is 0.992. The summed E-state index contributed by atoms with van der Waals surface area (Å²) in [5.74, 6) is 0. The maximum atomic E-state index is 2.40. The first kappa shape index (κ1) is 16.3. The summed E-state index contributed by atoms with van der Waals surface area (Å²) in [6, 6.07) is 37.4. The molecule has 29 heavy (non-hydrogen) atoms. The summed E-state index contributed by atoms with van der Waals surface area (Å²) in [5.41, 5.74) is 8.15. The largest absolute Gasteiger partial charge is 0.0616 e. The van der Waals surface area contributed by atoms with Crippen LogP contribution in [0.25, 0.3) is 44.3 Å². The fraction of sp³-hybridized carbons (Fsp3) is 0.0345. The number of benzene rings is 5. The van der Waals surface area contributed by atoms with E-state index in [1.54, 1.807) is 0 Å². The molecule has 0 amide bonds. The zero-order chi connectivity index (χ0) is 19.2. The van der Waals surface area contributed by atoms with Crippen molar-refractivity contribution in [1.29, 1.82) is 0 Å². The minimum Gasteiger partial charge on any atom is -0.0616 e. The monoisotopic (exact) mass is 368 g/mol. The molecule has 0 heterocycles. The van der Waals surface area contributed by atoms with Gasteiger partial charge < -0.3 is 0 Å². The first-order valence-corrected chi connectivity index (χ1v) is 10.2. The maximum absolute atomic E-state index is 2.40. The molecule has 1 aliphatic rings. The van der Waals surface area contributed by atoms with Gasteiger partial charge in [-0.2, -0.15) is 0 Å². The van der Waals surface area contributed by atoms with Gasteiger partial charge in [-0.15, -0.1) is 0 Å². The van der Waals surface area contributed by atoms with E-state index < -0.39 is 0 Å². The van der Waals surface area contributed by atoms with E-state index >= 15 is 0 Å². The normalized spacial score (nSPS) is 12.9. The lowest BCUT2D eigenvalue weighted by molar-refractivity contribution is 1.32. The van der Waals surface area contributed by atoms with Gasteiger partial charge in [0.1, 0.15) is 0 Å². The standard InChI is InChI=1S/C29H20/c1-2-9-22-17-23(16-15-20(22)7-1)25-18-24-11-6-14-28(29(24)19-25)27-13-5-10-21-8-3-4-12-26(21)27/h1-17,19H,18H2. The highest BCUT2D eigenvalue weighted by Gasteiger charge is 2.18. The highest BCUT2D eigenvalue weighted by atomic mass is 14.2. The number of rotatable bonds is 2. The summed E-state index contributed by atoms with van der Waals surface area (Å²) < 4.78 is 0. The van der Waals surface area contributed by atoms with Crippen molar-refractivity contribution in [2.45, 2.75) is 6.42 Å². The molecule has 5 aromatic carbocycles. The second-order valence-electron chi connectivity index (χ2n) is 7.81. The van der Waals surface area contributed by atoms with Gasteiger partial charge in [-0.25, -0.2) is 0 Å². The molecule has 0 heteroatoms. The third-order valence-corrected chi connectivity index (χ3v) is 6.10. The van der Waals surface area contributed by atoms with Gasteiger partial charge in [0.05, 0.1) is 0 Å². The van der Waals surface area contributed by atoms with E-state index in [0.29, 0.717) is 0 Å². The van der Waals surface area contributed by atoms with Gasteiger partial charge in [-0.1, -0.05) is 97.1 Å². The predicted octanol–water partition coefficient (Wildman–Crippen LogP) is 7.76. The second-order valence-corrected chi connectivity index (χ2v) is 7.81. The van der Waals surface area contributed by atoms with Crippen molar-refractivity contribution in [3.63, 3.8) is 0 Å². The average Bonchev–Trinajstić information content (AvgIpc) is 3.23. The lowest BCUT2D eigenvalue weighted by Gasteiger charge is -2.11. The quantitative estimate of drug-likeness (QED) is 0.299. The number of fused-ring (bicyclic) bond motifs is 3. The topological polar surface area (TPSA) is 0 Å². The fourth-order valence-electron chi connectivity index (χ4n) is 4.64. The number of hydrogen-bond acceptors (Lipinski definition) is 0. The lowest BCUT2D eigenvalue weighted by Crippen LogP contribution is -1.89. The van der Waals surface area contributed by atoms with E-state index in [9.17, 15) is 0 Å². The van der Waals surface area contributed by atoms with Crippen LogP contribution >= 0.6 is 0 Å². The zero-order valence-electron chi connectivity index (χ0n) is 16.1. The second kappa shape index (κ2) is 6.46. The highest BCUT2D eigenvalue weighted by Crippen LogP contribution is 2.40. The van der Waals surface area contributed by atoms with Gasteiger partial charge in [0, 0.05) is 0 Å². The van der Waals surface area contributed by atoms with Gasteiger partial charge >= 0.3 is 0 Å². The molecule has 0 spiro atoms. The molecule has 136 valence electrons. The van der Waals surface area contributed by atoms with Crippen LogP contribution in [0.1, 0.15) is 16.7 Å². The molecule has 0 aromatic heterocycles. The maximum Gasteiger partial charge on any atom is -0.00134 e. The Morgan fingerprint density at radius 1 is 0.517 bits per heavy atom. The van der Waals surface area contributed by atoms with E-state index in [1.807, 2.05) is 0 Å². The third-order valence-electron chi connectivity index (χ3n) is 6.10. The molecule has 0 bridgehead atoms. The minimum atomic E-state index is 0.992. The predicted molar refractivity (Wildman–Crippen MR) is 125 cm³/mol. The van der Waals surface area contributed by atoms with Crippen LogP contribution in [0, 0.1) is 0 Å². The van der Waals surface area contributed by atoms with Crippen LogP contribution < -0.4 is 0 Å². The summed E-state index contributed by atoms with van der Waals surface area (Å²) in [4.78, 5) is 0. The molecule has 0 fully saturated rings. The average molecular weight is 368 g/mol. The summed E-state index contributed by atoms with van der Waals surface area (Å²) in [7, 11) is 0. The Balaban J connectivity index is 1.51. The highest BCUT2D eigenvalue weighted by molar-refractivity contribution is 6.02. The van der Waals surface area contributed by atoms with E-state index in [1.165, 1.54) is 54.9 Å². The Labute approximate surface area is 170 Å². The molecule has 0 aliphatic heterocycles. The van der Waals surface area contributed by atoms with Crippen molar-refractivity contribution in [3.05, 3.63) is 120 Å². The first-order chi connectivity index (χ1) is 14.4. The van der Waals surface area contributed by atoms with Crippen LogP contribution in [0.3, 0.4) is 0 Å². The molecular weight excluding hydrogens is 348 g/mol. The molecule has 0 unspecified atom stereocenters. The summed E-state index contributed by atoms with van der Waals surface area (Å²) in [5, 5.41) is 5.20. The SMILES string of the molecule is C1=C(c2ccc3ccccc3c2)Cc2cccc(-c3cccc4ccccc34)c21. The Kier molecular flexibility index (Phi) is 3.64. The summed E-state index contributed by atoms with van der Waals surface area (Å²) in [6.07, 6.45) is 3.39. The van der Waals surface area contributed by atoms with E-state index in [0.717, 1.165) is 6.42 Å². The van der Waals surface area contributed by atoms with Crippen LogP contribution in [0.4, 0.5) is 0 Å². The molecule has 0 radical (unpaired) electrons. The van der Waals surface area contributed by atoms with E-state index in [-0.39, 0.29) is 0 Å². The van der Waals surface area contributed by atoms with Crippen LogP contribution in [-0.2, 0) is 6.42 Å². The molecule has 0 nitrogen and oxygen atoms in total. The molecule has 0 saturated heterocycles. The van der Waals surface area contributed by atoms with E-state index in [4.69, 9.17) is 0 Å². The van der Waals surface area contributed by atoms with Crippen molar-refractivity contribution >= 4 is 33.2 Å². The van der Waals surface area contributed by atoms with Crippen molar-refractivity contribution in [2.75, 3.05) is 0 Å². The van der Waals surface area contributed by atoms with Crippen molar-refractivity contribution in [3.8, 4) is 11.1 Å². The number of hydrogen-bond donors (Lipinski definition) is 0. The molecule has 6 rings (SSSR count).